The van der Waals surface area contributed by atoms with Gasteiger partial charge in [-0.25, -0.2) is 0 Å². The van der Waals surface area contributed by atoms with Crippen LogP contribution in [0.4, 0.5) is 0 Å². The number of para-hydroxylation sites is 2. The number of nitrogens with zero attached hydrogens (tertiary/aromatic N) is 2. The van der Waals surface area contributed by atoms with E-state index in [4.69, 9.17) is 4.74 Å². The summed E-state index contributed by atoms with van der Waals surface area (Å²) in [5.74, 6) is 0.974. The molecule has 1 aliphatic rings. The number of aromatic nitrogens is 1. The van der Waals surface area contributed by atoms with Gasteiger partial charge in [0.25, 0.3) is 0 Å². The summed E-state index contributed by atoms with van der Waals surface area (Å²) in [4.78, 5) is 33.2. The fourth-order valence-electron chi connectivity index (χ4n) is 4.31. The molecule has 0 unspecified atom stereocenters. The van der Waals surface area contributed by atoms with E-state index in [1.165, 1.54) is 10.9 Å². The van der Waals surface area contributed by atoms with E-state index < -0.39 is 0 Å². The van der Waals surface area contributed by atoms with Gasteiger partial charge >= 0.3 is 0 Å². The number of carbonyl (C=O) groups excluding carboxylic acids is 2. The largest absolute Gasteiger partial charge is 0.496 e. The first-order chi connectivity index (χ1) is 16.1. The highest BCUT2D eigenvalue weighted by molar-refractivity contribution is 5.87. The van der Waals surface area contributed by atoms with Crippen LogP contribution in [0.5, 0.6) is 5.75 Å². The van der Waals surface area contributed by atoms with Gasteiger partial charge in [0.15, 0.2) is 0 Å². The summed E-state index contributed by atoms with van der Waals surface area (Å²) in [6.07, 6.45) is 5.48. The first-order valence-corrected chi connectivity index (χ1v) is 11.8. The van der Waals surface area contributed by atoms with E-state index >= 15 is 0 Å². The molecule has 1 fully saturated rings. The average molecular weight is 448 g/mol. The van der Waals surface area contributed by atoms with Gasteiger partial charge in [-0.05, 0) is 43.4 Å². The van der Waals surface area contributed by atoms with E-state index in [2.05, 4.69) is 17.1 Å². The van der Waals surface area contributed by atoms with Gasteiger partial charge in [0.05, 0.1) is 13.7 Å². The molecule has 1 aromatic heterocycles. The molecule has 1 saturated carbocycles. The summed E-state index contributed by atoms with van der Waals surface area (Å²) in [6.45, 7) is 3.80. The monoisotopic (exact) mass is 447 g/mol. The molecule has 1 heterocycles. The average Bonchev–Trinajstić information content (AvgIpc) is 3.61. The Labute approximate surface area is 195 Å². The van der Waals surface area contributed by atoms with Crippen molar-refractivity contribution in [3.63, 3.8) is 0 Å². The van der Waals surface area contributed by atoms with E-state index in [9.17, 15) is 9.59 Å². The van der Waals surface area contributed by atoms with Gasteiger partial charge < -0.3 is 19.5 Å². The van der Waals surface area contributed by atoms with Gasteiger partial charge in [0.2, 0.25) is 11.8 Å². The summed E-state index contributed by atoms with van der Waals surface area (Å²) in [5.41, 5.74) is 3.24. The van der Waals surface area contributed by atoms with Gasteiger partial charge in [-0.3, -0.25) is 9.59 Å². The SMILES string of the molecule is CCCN(CC(=O)N(CCc1c[nH]c2ccccc12)Cc1ccccc1OC)C(=O)C1CC1. The number of carbonyl (C=O) groups is 2. The number of nitrogens with one attached hydrogen (secondary N) is 1. The number of H-pyrrole nitrogens is 1. The minimum absolute atomic E-state index is 0.0248. The predicted molar refractivity (Wildman–Crippen MR) is 130 cm³/mol. The molecule has 33 heavy (non-hydrogen) atoms. The van der Waals surface area contributed by atoms with Gasteiger partial charge in [-0.2, -0.15) is 0 Å². The van der Waals surface area contributed by atoms with Crippen LogP contribution in [0.3, 0.4) is 0 Å². The second kappa shape index (κ2) is 10.6. The van der Waals surface area contributed by atoms with Crippen molar-refractivity contribution in [1.29, 1.82) is 0 Å². The van der Waals surface area contributed by atoms with Crippen molar-refractivity contribution in [1.82, 2.24) is 14.8 Å². The van der Waals surface area contributed by atoms with Crippen molar-refractivity contribution in [2.24, 2.45) is 5.92 Å². The van der Waals surface area contributed by atoms with E-state index in [-0.39, 0.29) is 24.3 Å². The summed E-state index contributed by atoms with van der Waals surface area (Å²) in [5, 5.41) is 1.18. The topological polar surface area (TPSA) is 65.6 Å². The summed E-state index contributed by atoms with van der Waals surface area (Å²) >= 11 is 0. The van der Waals surface area contributed by atoms with Crippen LogP contribution in [0.1, 0.15) is 37.3 Å². The fourth-order valence-corrected chi connectivity index (χ4v) is 4.31. The maximum absolute atomic E-state index is 13.5. The Morgan fingerprint density at radius 1 is 1.00 bits per heavy atom. The normalized spacial score (nSPS) is 13.2. The molecule has 3 aromatic rings. The molecule has 1 aliphatic carbocycles. The first kappa shape index (κ1) is 22.9. The van der Waals surface area contributed by atoms with Crippen LogP contribution in [0.2, 0.25) is 0 Å². The van der Waals surface area contributed by atoms with E-state index in [0.29, 0.717) is 19.6 Å². The summed E-state index contributed by atoms with van der Waals surface area (Å²) in [7, 11) is 1.65. The highest BCUT2D eigenvalue weighted by Gasteiger charge is 2.34. The lowest BCUT2D eigenvalue weighted by Gasteiger charge is -2.28. The van der Waals surface area contributed by atoms with Gasteiger partial charge in [0.1, 0.15) is 5.75 Å². The molecular weight excluding hydrogens is 414 g/mol. The molecule has 6 nitrogen and oxygen atoms in total. The van der Waals surface area contributed by atoms with Gasteiger partial charge in [-0.15, -0.1) is 0 Å². The van der Waals surface area contributed by atoms with Gasteiger partial charge in [-0.1, -0.05) is 43.3 Å². The Bertz CT molecular complexity index is 1100. The molecule has 6 heteroatoms. The molecule has 0 saturated heterocycles. The third-order valence-corrected chi connectivity index (χ3v) is 6.29. The highest BCUT2D eigenvalue weighted by Crippen LogP contribution is 2.31. The Balaban J connectivity index is 1.53. The van der Waals surface area contributed by atoms with Crippen molar-refractivity contribution in [3.05, 3.63) is 65.9 Å². The maximum atomic E-state index is 13.5. The van der Waals surface area contributed by atoms with Crippen LogP contribution < -0.4 is 4.74 Å². The van der Waals surface area contributed by atoms with Crippen molar-refractivity contribution < 1.29 is 14.3 Å². The Kier molecular flexibility index (Phi) is 7.33. The van der Waals surface area contributed by atoms with Crippen LogP contribution in [0, 0.1) is 5.92 Å². The third-order valence-electron chi connectivity index (χ3n) is 6.29. The summed E-state index contributed by atoms with van der Waals surface area (Å²) in [6, 6.07) is 16.0. The molecular formula is C27H33N3O3. The van der Waals surface area contributed by atoms with E-state index in [0.717, 1.165) is 42.5 Å². The Hall–Kier alpha value is -3.28. The van der Waals surface area contributed by atoms with Crippen molar-refractivity contribution in [3.8, 4) is 5.75 Å². The molecule has 4 rings (SSSR count). The number of fused-ring (bicyclic) bond motifs is 1. The molecule has 0 spiro atoms. The first-order valence-electron chi connectivity index (χ1n) is 11.8. The number of methoxy groups -OCH3 is 1. The lowest BCUT2D eigenvalue weighted by molar-refractivity contribution is -0.141. The van der Waals surface area contributed by atoms with E-state index in [1.807, 2.05) is 54.4 Å². The highest BCUT2D eigenvalue weighted by atomic mass is 16.5. The molecule has 0 radical (unpaired) electrons. The molecule has 1 N–H and O–H groups in total. The molecule has 174 valence electrons. The smallest absolute Gasteiger partial charge is 0.242 e. The van der Waals surface area contributed by atoms with Crippen molar-refractivity contribution in [2.45, 2.75) is 39.2 Å². The van der Waals surface area contributed by atoms with Gasteiger partial charge in [0, 0.05) is 48.2 Å². The number of benzene rings is 2. The summed E-state index contributed by atoms with van der Waals surface area (Å²) < 4.78 is 5.52. The molecule has 0 bridgehead atoms. The number of aromatic amines is 1. The minimum atomic E-state index is -0.0248. The van der Waals surface area contributed by atoms with Crippen LogP contribution >= 0.6 is 0 Å². The second-order valence-electron chi connectivity index (χ2n) is 8.77. The maximum Gasteiger partial charge on any atom is 0.242 e. The Morgan fingerprint density at radius 3 is 2.52 bits per heavy atom. The predicted octanol–water partition coefficient (Wildman–Crippen LogP) is 4.40. The molecule has 0 atom stereocenters. The van der Waals surface area contributed by atoms with Crippen LogP contribution in [-0.4, -0.2) is 53.3 Å². The van der Waals surface area contributed by atoms with Crippen LogP contribution in [0.15, 0.2) is 54.7 Å². The van der Waals surface area contributed by atoms with Crippen molar-refractivity contribution in [2.75, 3.05) is 26.7 Å². The zero-order valence-corrected chi connectivity index (χ0v) is 19.5. The zero-order chi connectivity index (χ0) is 23.2. The molecule has 2 aromatic carbocycles. The molecule has 0 aliphatic heterocycles. The number of ether oxygens (including phenoxy) is 1. The van der Waals surface area contributed by atoms with E-state index in [1.54, 1.807) is 12.0 Å². The lowest BCUT2D eigenvalue weighted by Crippen LogP contribution is -2.44. The number of amides is 2. The Morgan fingerprint density at radius 2 is 1.76 bits per heavy atom. The number of rotatable bonds is 11. The zero-order valence-electron chi connectivity index (χ0n) is 19.5. The quantitative estimate of drug-likeness (QED) is 0.474. The third kappa shape index (κ3) is 5.56. The van der Waals surface area contributed by atoms with Crippen molar-refractivity contribution >= 4 is 22.7 Å². The second-order valence-corrected chi connectivity index (χ2v) is 8.77. The number of hydrogen-bond donors (Lipinski definition) is 1. The van der Waals surface area contributed by atoms with Crippen LogP contribution in [0.25, 0.3) is 10.9 Å². The standard InChI is InChI=1S/C27H33N3O3/c1-3-15-30(27(32)20-12-13-20)19-26(31)29(18-22-8-4-7-11-25(22)33-2)16-14-21-17-28-24-10-6-5-9-23(21)24/h4-11,17,20,28H,3,12-16,18-19H2,1-2H3. The minimum Gasteiger partial charge on any atom is -0.496 e. The lowest BCUT2D eigenvalue weighted by atomic mass is 10.1. The fraction of sp³-hybridized carbons (Fsp3) is 0.407. The molecule has 2 amide bonds. The van der Waals surface area contributed by atoms with Crippen LogP contribution in [-0.2, 0) is 22.6 Å². The number of hydrogen-bond acceptors (Lipinski definition) is 3.